The molecule has 0 saturated carbocycles. The number of anilines is 2. The van der Waals surface area contributed by atoms with E-state index in [0.717, 1.165) is 13.1 Å². The first-order chi connectivity index (χ1) is 9.38. The molecule has 1 rings (SSSR count). The molecule has 0 saturated heterocycles. The lowest BCUT2D eigenvalue weighted by atomic mass is 10.2. The van der Waals surface area contributed by atoms with Gasteiger partial charge < -0.3 is 20.9 Å². The zero-order valence-corrected chi connectivity index (χ0v) is 12.3. The Hall–Kier alpha value is -1.66. The normalized spacial score (nSPS) is 11.1. The Morgan fingerprint density at radius 2 is 1.95 bits per heavy atom. The highest BCUT2D eigenvalue weighted by atomic mass is 19.1. The van der Waals surface area contributed by atoms with Crippen molar-refractivity contribution < 1.29 is 9.18 Å². The second-order valence-electron chi connectivity index (χ2n) is 5.14. The van der Waals surface area contributed by atoms with Crippen LogP contribution in [-0.2, 0) is 4.79 Å². The first-order valence-corrected chi connectivity index (χ1v) is 6.56. The number of rotatable bonds is 7. The van der Waals surface area contributed by atoms with Crippen LogP contribution in [0.15, 0.2) is 18.2 Å². The van der Waals surface area contributed by atoms with Crippen LogP contribution in [0.25, 0.3) is 0 Å². The number of carbonyl (C=O) groups excluding carboxylic acids is 1. The highest BCUT2D eigenvalue weighted by molar-refractivity contribution is 5.91. The fourth-order valence-corrected chi connectivity index (χ4v) is 1.62. The van der Waals surface area contributed by atoms with Crippen molar-refractivity contribution in [2.45, 2.75) is 6.42 Å². The highest BCUT2D eigenvalue weighted by Crippen LogP contribution is 2.16. The zero-order chi connectivity index (χ0) is 15.1. The van der Waals surface area contributed by atoms with E-state index in [4.69, 9.17) is 5.73 Å². The summed E-state index contributed by atoms with van der Waals surface area (Å²) >= 11 is 0. The molecule has 6 heteroatoms. The molecule has 1 amide bonds. The van der Waals surface area contributed by atoms with Gasteiger partial charge in [0.15, 0.2) is 0 Å². The van der Waals surface area contributed by atoms with Crippen LogP contribution in [0.1, 0.15) is 6.42 Å². The topological polar surface area (TPSA) is 61.6 Å². The standard InChI is InChI=1S/C14H23FN4O/c1-18(2)8-9-19(3)7-6-14(20)17-11-4-5-12(15)13(16)10-11/h4-5,10H,6-9,16H2,1-3H3,(H,17,20). The van der Waals surface area contributed by atoms with Gasteiger partial charge in [0.2, 0.25) is 5.91 Å². The summed E-state index contributed by atoms with van der Waals surface area (Å²) in [6.07, 6.45) is 0.390. The molecule has 1 aromatic rings. The molecule has 0 aliphatic rings. The van der Waals surface area contributed by atoms with Crippen LogP contribution < -0.4 is 11.1 Å². The number of hydrogen-bond donors (Lipinski definition) is 2. The molecule has 1 aromatic carbocycles. The van der Waals surface area contributed by atoms with Crippen LogP contribution in [0.4, 0.5) is 15.8 Å². The van der Waals surface area contributed by atoms with Gasteiger partial charge in [-0.3, -0.25) is 4.79 Å². The SMILES string of the molecule is CN(C)CCN(C)CCC(=O)Nc1ccc(F)c(N)c1. The van der Waals surface area contributed by atoms with Crippen LogP contribution in [0.5, 0.6) is 0 Å². The smallest absolute Gasteiger partial charge is 0.225 e. The molecule has 112 valence electrons. The minimum Gasteiger partial charge on any atom is -0.396 e. The monoisotopic (exact) mass is 282 g/mol. The summed E-state index contributed by atoms with van der Waals surface area (Å²) < 4.78 is 13.0. The molecule has 0 aromatic heterocycles. The molecule has 0 bridgehead atoms. The number of likely N-dealkylation sites (N-methyl/N-ethyl adjacent to an activating group) is 2. The Morgan fingerprint density at radius 3 is 2.55 bits per heavy atom. The lowest BCUT2D eigenvalue weighted by molar-refractivity contribution is -0.116. The Morgan fingerprint density at radius 1 is 1.25 bits per heavy atom. The third kappa shape index (κ3) is 5.99. The van der Waals surface area contributed by atoms with Gasteiger partial charge >= 0.3 is 0 Å². The van der Waals surface area contributed by atoms with Gasteiger partial charge in [-0.25, -0.2) is 4.39 Å². The number of carbonyl (C=O) groups is 1. The average Bonchev–Trinajstić information content (AvgIpc) is 2.38. The lowest BCUT2D eigenvalue weighted by Crippen LogP contribution is -2.31. The number of halogens is 1. The number of nitrogens with two attached hydrogens (primary N) is 1. The first kappa shape index (κ1) is 16.4. The zero-order valence-electron chi connectivity index (χ0n) is 12.3. The third-order valence-corrected chi connectivity index (χ3v) is 2.93. The van der Waals surface area contributed by atoms with Crippen molar-refractivity contribution in [1.29, 1.82) is 0 Å². The average molecular weight is 282 g/mol. The Labute approximate surface area is 119 Å². The van der Waals surface area contributed by atoms with E-state index in [0.29, 0.717) is 18.7 Å². The predicted molar refractivity (Wildman–Crippen MR) is 80.1 cm³/mol. The number of amides is 1. The largest absolute Gasteiger partial charge is 0.396 e. The molecule has 0 unspecified atom stereocenters. The quantitative estimate of drug-likeness (QED) is 0.738. The number of benzene rings is 1. The van der Waals surface area contributed by atoms with Gasteiger partial charge in [-0.15, -0.1) is 0 Å². The Bertz CT molecular complexity index is 451. The van der Waals surface area contributed by atoms with E-state index in [2.05, 4.69) is 15.1 Å². The highest BCUT2D eigenvalue weighted by Gasteiger charge is 2.07. The fraction of sp³-hybridized carbons (Fsp3) is 0.500. The van der Waals surface area contributed by atoms with E-state index in [-0.39, 0.29) is 11.6 Å². The van der Waals surface area contributed by atoms with Gasteiger partial charge in [-0.1, -0.05) is 0 Å². The van der Waals surface area contributed by atoms with Gasteiger partial charge in [-0.2, -0.15) is 0 Å². The number of nitrogens with zero attached hydrogens (tertiary/aromatic N) is 2. The molecule has 0 heterocycles. The molecule has 0 fully saturated rings. The first-order valence-electron chi connectivity index (χ1n) is 6.56. The molecule has 0 radical (unpaired) electrons. The van der Waals surface area contributed by atoms with Crippen molar-refractivity contribution in [3.63, 3.8) is 0 Å². The summed E-state index contributed by atoms with van der Waals surface area (Å²) in [5, 5.41) is 2.71. The van der Waals surface area contributed by atoms with Crippen molar-refractivity contribution in [3.05, 3.63) is 24.0 Å². The van der Waals surface area contributed by atoms with Gasteiger partial charge in [0.25, 0.3) is 0 Å². The summed E-state index contributed by atoms with van der Waals surface area (Å²) in [5.74, 6) is -0.584. The van der Waals surface area contributed by atoms with E-state index in [1.807, 2.05) is 21.1 Å². The maximum atomic E-state index is 13.0. The van der Waals surface area contributed by atoms with Gasteiger partial charge in [0.05, 0.1) is 5.69 Å². The molecule has 0 aliphatic heterocycles. The molecular formula is C14H23FN4O. The molecule has 0 spiro atoms. The molecule has 20 heavy (non-hydrogen) atoms. The van der Waals surface area contributed by atoms with Crippen molar-refractivity contribution in [3.8, 4) is 0 Å². The minimum absolute atomic E-state index is 0.0332. The number of nitrogen functional groups attached to an aromatic ring is 1. The fourth-order valence-electron chi connectivity index (χ4n) is 1.62. The van der Waals surface area contributed by atoms with Crippen molar-refractivity contribution in [2.24, 2.45) is 0 Å². The Kier molecular flexibility index (Phi) is 6.41. The van der Waals surface area contributed by atoms with Crippen molar-refractivity contribution >= 4 is 17.3 Å². The van der Waals surface area contributed by atoms with Crippen LogP contribution in [0, 0.1) is 5.82 Å². The van der Waals surface area contributed by atoms with E-state index in [1.165, 1.54) is 18.2 Å². The molecule has 5 nitrogen and oxygen atoms in total. The molecule has 3 N–H and O–H groups in total. The predicted octanol–water partition coefficient (Wildman–Crippen LogP) is 1.23. The van der Waals surface area contributed by atoms with E-state index < -0.39 is 5.82 Å². The maximum absolute atomic E-state index is 13.0. The van der Waals surface area contributed by atoms with Crippen molar-refractivity contribution in [2.75, 3.05) is 51.8 Å². The van der Waals surface area contributed by atoms with E-state index >= 15 is 0 Å². The summed E-state index contributed by atoms with van der Waals surface area (Å²) in [7, 11) is 6.01. The molecule has 0 aliphatic carbocycles. The van der Waals surface area contributed by atoms with E-state index in [1.54, 1.807) is 0 Å². The maximum Gasteiger partial charge on any atom is 0.225 e. The third-order valence-electron chi connectivity index (χ3n) is 2.93. The van der Waals surface area contributed by atoms with E-state index in [9.17, 15) is 9.18 Å². The second-order valence-corrected chi connectivity index (χ2v) is 5.14. The van der Waals surface area contributed by atoms with Crippen LogP contribution in [0.2, 0.25) is 0 Å². The second kappa shape index (κ2) is 7.81. The van der Waals surface area contributed by atoms with Crippen LogP contribution >= 0.6 is 0 Å². The summed E-state index contributed by atoms with van der Waals surface area (Å²) in [4.78, 5) is 16.0. The number of nitrogens with one attached hydrogen (secondary N) is 1. The van der Waals surface area contributed by atoms with Gasteiger partial charge in [0, 0.05) is 31.7 Å². The summed E-state index contributed by atoms with van der Waals surface area (Å²) in [6.45, 7) is 2.53. The van der Waals surface area contributed by atoms with Crippen molar-refractivity contribution in [1.82, 2.24) is 9.80 Å². The van der Waals surface area contributed by atoms with Gasteiger partial charge in [-0.05, 0) is 39.3 Å². The van der Waals surface area contributed by atoms with Gasteiger partial charge in [0.1, 0.15) is 5.82 Å². The molecular weight excluding hydrogens is 259 g/mol. The summed E-state index contributed by atoms with van der Waals surface area (Å²) in [6, 6.07) is 4.16. The number of hydrogen-bond acceptors (Lipinski definition) is 4. The summed E-state index contributed by atoms with van der Waals surface area (Å²) in [5.41, 5.74) is 6.00. The minimum atomic E-state index is -0.480. The van der Waals surface area contributed by atoms with Crippen LogP contribution in [0.3, 0.4) is 0 Å². The van der Waals surface area contributed by atoms with Crippen LogP contribution in [-0.4, -0.2) is 56.5 Å². The molecule has 0 atom stereocenters. The Balaban J connectivity index is 2.34. The lowest BCUT2D eigenvalue weighted by Gasteiger charge is -2.18.